The van der Waals surface area contributed by atoms with Crippen LogP contribution in [0.5, 0.6) is 5.75 Å². The number of hydrogen-bond acceptors (Lipinski definition) is 4. The van der Waals surface area contributed by atoms with Gasteiger partial charge in [0.05, 0.1) is 6.21 Å². The van der Waals surface area contributed by atoms with E-state index in [1.165, 1.54) is 0 Å². The first-order valence-electron chi connectivity index (χ1n) is 5.84. The normalized spacial score (nSPS) is 12.3. The van der Waals surface area contributed by atoms with Crippen molar-refractivity contribution in [2.75, 3.05) is 0 Å². The fourth-order valence-corrected chi connectivity index (χ4v) is 1.96. The lowest BCUT2D eigenvalue weighted by Gasteiger charge is -2.12. The van der Waals surface area contributed by atoms with Gasteiger partial charge >= 0.3 is 0 Å². The van der Waals surface area contributed by atoms with Crippen LogP contribution in [0.4, 0.5) is 0 Å². The van der Waals surface area contributed by atoms with Gasteiger partial charge in [0.2, 0.25) is 0 Å². The van der Waals surface area contributed by atoms with E-state index in [-0.39, 0.29) is 5.91 Å². The summed E-state index contributed by atoms with van der Waals surface area (Å²) in [6.07, 6.45) is 1.01. The molecule has 0 aliphatic rings. The zero-order valence-electron chi connectivity index (χ0n) is 10.4. The van der Waals surface area contributed by atoms with Crippen molar-refractivity contribution in [2.24, 2.45) is 5.10 Å². The highest BCUT2D eigenvalue weighted by Crippen LogP contribution is 2.10. The van der Waals surface area contributed by atoms with Gasteiger partial charge in [-0.15, -0.1) is 11.3 Å². The number of amides is 1. The van der Waals surface area contributed by atoms with Crippen LogP contribution < -0.4 is 10.2 Å². The van der Waals surface area contributed by atoms with Crippen LogP contribution in [0, 0.1) is 0 Å². The Bertz CT molecular complexity index is 538. The van der Waals surface area contributed by atoms with Gasteiger partial charge in [0.15, 0.2) is 6.10 Å². The summed E-state index contributed by atoms with van der Waals surface area (Å²) < 4.78 is 5.48. The summed E-state index contributed by atoms with van der Waals surface area (Å²) in [6, 6.07) is 13.1. The first-order chi connectivity index (χ1) is 9.25. The van der Waals surface area contributed by atoms with Crippen LogP contribution >= 0.6 is 11.3 Å². The zero-order chi connectivity index (χ0) is 13.5. The lowest BCUT2D eigenvalue weighted by atomic mass is 10.3. The molecule has 1 amide bonds. The van der Waals surface area contributed by atoms with Crippen molar-refractivity contribution >= 4 is 23.5 Å². The van der Waals surface area contributed by atoms with Crippen molar-refractivity contribution in [3.05, 3.63) is 52.7 Å². The van der Waals surface area contributed by atoms with Gasteiger partial charge in [-0.3, -0.25) is 4.79 Å². The Kier molecular flexibility index (Phi) is 4.69. The Balaban J connectivity index is 1.83. The number of rotatable bonds is 5. The molecule has 0 radical (unpaired) electrons. The smallest absolute Gasteiger partial charge is 0.280 e. The molecule has 0 fully saturated rings. The van der Waals surface area contributed by atoms with Crippen LogP contribution in [0.15, 0.2) is 52.9 Å². The average Bonchev–Trinajstić information content (AvgIpc) is 2.93. The summed E-state index contributed by atoms with van der Waals surface area (Å²) in [5.41, 5.74) is 2.45. The molecular formula is C14H14N2O2S. The molecule has 0 aliphatic heterocycles. The Morgan fingerprint density at radius 2 is 2.11 bits per heavy atom. The average molecular weight is 274 g/mol. The van der Waals surface area contributed by atoms with E-state index in [9.17, 15) is 4.79 Å². The van der Waals surface area contributed by atoms with E-state index < -0.39 is 6.10 Å². The maximum Gasteiger partial charge on any atom is 0.280 e. The lowest BCUT2D eigenvalue weighted by Crippen LogP contribution is -2.33. The zero-order valence-corrected chi connectivity index (χ0v) is 11.3. The number of hydrazone groups is 1. The predicted molar refractivity (Wildman–Crippen MR) is 76.6 cm³/mol. The van der Waals surface area contributed by atoms with E-state index in [1.807, 2.05) is 35.7 Å². The fourth-order valence-electron chi connectivity index (χ4n) is 1.37. The third kappa shape index (κ3) is 4.22. The molecule has 19 heavy (non-hydrogen) atoms. The molecule has 2 aromatic rings. The minimum atomic E-state index is -0.595. The maximum atomic E-state index is 11.7. The van der Waals surface area contributed by atoms with Gasteiger partial charge in [0, 0.05) is 4.88 Å². The number of para-hydroxylation sites is 1. The second kappa shape index (κ2) is 6.70. The highest BCUT2D eigenvalue weighted by Gasteiger charge is 2.13. The molecule has 5 heteroatoms. The molecular weight excluding hydrogens is 260 g/mol. The molecule has 4 nitrogen and oxygen atoms in total. The molecule has 0 spiro atoms. The SMILES string of the molecule is C[C@@H](Oc1ccccc1)C(=O)N/N=C\c1cccs1. The van der Waals surface area contributed by atoms with Crippen molar-refractivity contribution in [3.63, 3.8) is 0 Å². The second-order valence-electron chi connectivity index (χ2n) is 3.82. The van der Waals surface area contributed by atoms with Gasteiger partial charge < -0.3 is 4.74 Å². The first kappa shape index (κ1) is 13.3. The standard InChI is InChI=1S/C14H14N2O2S/c1-11(18-12-6-3-2-4-7-12)14(17)16-15-10-13-8-5-9-19-13/h2-11H,1H3,(H,16,17)/b15-10-/t11-/m1/s1. The van der Waals surface area contributed by atoms with Crippen LogP contribution in [0.2, 0.25) is 0 Å². The van der Waals surface area contributed by atoms with E-state index in [0.29, 0.717) is 5.75 Å². The summed E-state index contributed by atoms with van der Waals surface area (Å²) in [5, 5.41) is 5.83. The number of nitrogens with one attached hydrogen (secondary N) is 1. The molecule has 0 saturated carbocycles. The highest BCUT2D eigenvalue weighted by molar-refractivity contribution is 7.11. The third-order valence-electron chi connectivity index (χ3n) is 2.34. The lowest BCUT2D eigenvalue weighted by molar-refractivity contribution is -0.127. The van der Waals surface area contributed by atoms with E-state index in [2.05, 4.69) is 10.5 Å². The van der Waals surface area contributed by atoms with Gasteiger partial charge in [-0.05, 0) is 30.5 Å². The van der Waals surface area contributed by atoms with Crippen molar-refractivity contribution in [1.82, 2.24) is 5.43 Å². The van der Waals surface area contributed by atoms with Gasteiger partial charge in [-0.1, -0.05) is 24.3 Å². The van der Waals surface area contributed by atoms with E-state index in [4.69, 9.17) is 4.74 Å². The summed E-state index contributed by atoms with van der Waals surface area (Å²) in [7, 11) is 0. The van der Waals surface area contributed by atoms with Gasteiger partial charge in [0.1, 0.15) is 5.75 Å². The van der Waals surface area contributed by atoms with Crippen LogP contribution in [0.3, 0.4) is 0 Å². The maximum absolute atomic E-state index is 11.7. The minimum absolute atomic E-state index is 0.281. The number of benzene rings is 1. The molecule has 0 unspecified atom stereocenters. The monoisotopic (exact) mass is 274 g/mol. The number of thiophene rings is 1. The van der Waals surface area contributed by atoms with E-state index in [0.717, 1.165) is 4.88 Å². The summed E-state index contributed by atoms with van der Waals surface area (Å²) in [5.74, 6) is 0.379. The summed E-state index contributed by atoms with van der Waals surface area (Å²) in [6.45, 7) is 1.68. The minimum Gasteiger partial charge on any atom is -0.481 e. The topological polar surface area (TPSA) is 50.7 Å². The van der Waals surface area contributed by atoms with E-state index in [1.54, 1.807) is 36.6 Å². The van der Waals surface area contributed by atoms with Crippen molar-refractivity contribution in [2.45, 2.75) is 13.0 Å². The molecule has 0 bridgehead atoms. The van der Waals surface area contributed by atoms with Crippen LogP contribution in [0.25, 0.3) is 0 Å². The molecule has 98 valence electrons. The molecule has 1 atom stereocenters. The summed E-state index contributed by atoms with van der Waals surface area (Å²) in [4.78, 5) is 12.7. The molecule has 1 N–H and O–H groups in total. The molecule has 1 heterocycles. The Labute approximate surface area is 115 Å². The van der Waals surface area contributed by atoms with Gasteiger partial charge in [0.25, 0.3) is 5.91 Å². The molecule has 0 aliphatic carbocycles. The third-order valence-corrected chi connectivity index (χ3v) is 3.14. The fraction of sp³-hybridized carbons (Fsp3) is 0.143. The summed E-state index contributed by atoms with van der Waals surface area (Å²) >= 11 is 1.55. The Morgan fingerprint density at radius 3 is 2.79 bits per heavy atom. The molecule has 2 rings (SSSR count). The first-order valence-corrected chi connectivity index (χ1v) is 6.72. The van der Waals surface area contributed by atoms with Crippen LogP contribution in [-0.2, 0) is 4.79 Å². The predicted octanol–water partition coefficient (Wildman–Crippen LogP) is 2.67. The van der Waals surface area contributed by atoms with Crippen molar-refractivity contribution < 1.29 is 9.53 Å². The van der Waals surface area contributed by atoms with Crippen LogP contribution in [0.1, 0.15) is 11.8 Å². The number of ether oxygens (including phenoxy) is 1. The Hall–Kier alpha value is -2.14. The molecule has 1 aromatic carbocycles. The largest absolute Gasteiger partial charge is 0.481 e. The number of carbonyl (C=O) groups excluding carboxylic acids is 1. The van der Waals surface area contributed by atoms with Crippen LogP contribution in [-0.4, -0.2) is 18.2 Å². The van der Waals surface area contributed by atoms with Crippen molar-refractivity contribution in [3.8, 4) is 5.75 Å². The molecule has 1 aromatic heterocycles. The highest BCUT2D eigenvalue weighted by atomic mass is 32.1. The Morgan fingerprint density at radius 1 is 1.32 bits per heavy atom. The van der Waals surface area contributed by atoms with E-state index >= 15 is 0 Å². The van der Waals surface area contributed by atoms with Gasteiger partial charge in [-0.25, -0.2) is 5.43 Å². The quantitative estimate of drug-likeness (QED) is 0.673. The number of nitrogens with zero attached hydrogens (tertiary/aromatic N) is 1. The second-order valence-corrected chi connectivity index (χ2v) is 4.80. The van der Waals surface area contributed by atoms with Crippen molar-refractivity contribution in [1.29, 1.82) is 0 Å². The van der Waals surface area contributed by atoms with Gasteiger partial charge in [-0.2, -0.15) is 5.10 Å². The number of hydrogen-bond donors (Lipinski definition) is 1. The molecule has 0 saturated heterocycles. The number of carbonyl (C=O) groups is 1.